The van der Waals surface area contributed by atoms with E-state index in [0.29, 0.717) is 0 Å². The average molecular weight is 272 g/mol. The van der Waals surface area contributed by atoms with Crippen molar-refractivity contribution in [1.82, 2.24) is 4.90 Å². The Morgan fingerprint density at radius 3 is 2.25 bits per heavy atom. The summed E-state index contributed by atoms with van der Waals surface area (Å²) in [5.41, 5.74) is 8.41. The van der Waals surface area contributed by atoms with Crippen molar-refractivity contribution < 1.29 is 0 Å². The van der Waals surface area contributed by atoms with Crippen LogP contribution in [0.2, 0.25) is 0 Å². The second-order valence-corrected chi connectivity index (χ2v) is 7.17. The van der Waals surface area contributed by atoms with Gasteiger partial charge < -0.3 is 5.73 Å². The summed E-state index contributed by atoms with van der Waals surface area (Å²) in [4.78, 5) is 2.76. The molecule has 2 nitrogen and oxygen atoms in total. The zero-order valence-corrected chi connectivity index (χ0v) is 12.9. The highest BCUT2D eigenvalue weighted by Gasteiger charge is 2.37. The maximum atomic E-state index is 6.15. The van der Waals surface area contributed by atoms with Crippen molar-refractivity contribution in [1.29, 1.82) is 0 Å². The second-order valence-electron chi connectivity index (χ2n) is 7.17. The minimum Gasteiger partial charge on any atom is -0.398 e. The molecule has 1 aromatic rings. The van der Waals surface area contributed by atoms with Crippen LogP contribution in [0.15, 0.2) is 24.3 Å². The van der Waals surface area contributed by atoms with Gasteiger partial charge >= 0.3 is 0 Å². The van der Waals surface area contributed by atoms with Crippen LogP contribution in [0.5, 0.6) is 0 Å². The SMILES string of the molecule is CC1CC(C)CC(N(Cc2ccccc2N)C2CC2)C1. The molecule has 2 aliphatic carbocycles. The van der Waals surface area contributed by atoms with Gasteiger partial charge in [0.2, 0.25) is 0 Å². The predicted octanol–water partition coefficient (Wildman–Crippen LogP) is 4.06. The first-order valence-electron chi connectivity index (χ1n) is 8.22. The Labute approximate surface area is 123 Å². The van der Waals surface area contributed by atoms with Gasteiger partial charge in [-0.25, -0.2) is 0 Å². The highest BCUT2D eigenvalue weighted by atomic mass is 15.2. The standard InChI is InChI=1S/C18H28N2/c1-13-9-14(2)11-17(10-13)20(16-7-8-16)12-15-5-3-4-6-18(15)19/h3-6,13-14,16-17H,7-12,19H2,1-2H3. The first kappa shape index (κ1) is 13.9. The van der Waals surface area contributed by atoms with Crippen molar-refractivity contribution in [2.45, 2.75) is 64.6 Å². The molecule has 0 saturated heterocycles. The Bertz CT molecular complexity index is 442. The molecule has 0 radical (unpaired) electrons. The number of para-hydroxylation sites is 1. The molecular weight excluding hydrogens is 244 g/mol. The normalized spacial score (nSPS) is 30.6. The third-order valence-corrected chi connectivity index (χ3v) is 5.05. The third kappa shape index (κ3) is 3.17. The number of rotatable bonds is 4. The van der Waals surface area contributed by atoms with Gasteiger partial charge in [-0.05, 0) is 55.6 Å². The molecule has 2 atom stereocenters. The van der Waals surface area contributed by atoms with Crippen molar-refractivity contribution in [2.24, 2.45) is 11.8 Å². The van der Waals surface area contributed by atoms with E-state index < -0.39 is 0 Å². The monoisotopic (exact) mass is 272 g/mol. The van der Waals surface area contributed by atoms with Gasteiger partial charge in [0.1, 0.15) is 0 Å². The van der Waals surface area contributed by atoms with Gasteiger partial charge in [0, 0.05) is 24.3 Å². The number of nitrogens with two attached hydrogens (primary N) is 1. The number of benzene rings is 1. The second kappa shape index (κ2) is 5.77. The van der Waals surface area contributed by atoms with Crippen molar-refractivity contribution in [3.05, 3.63) is 29.8 Å². The van der Waals surface area contributed by atoms with Crippen LogP contribution < -0.4 is 5.73 Å². The van der Waals surface area contributed by atoms with Gasteiger partial charge in [-0.1, -0.05) is 32.0 Å². The summed E-state index contributed by atoms with van der Waals surface area (Å²) in [5.74, 6) is 1.75. The Morgan fingerprint density at radius 1 is 1.00 bits per heavy atom. The minimum absolute atomic E-state index is 0.765. The number of hydrogen-bond donors (Lipinski definition) is 1. The molecule has 0 amide bonds. The van der Waals surface area contributed by atoms with Crippen molar-refractivity contribution >= 4 is 5.69 Å². The van der Waals surface area contributed by atoms with E-state index in [9.17, 15) is 0 Å². The lowest BCUT2D eigenvalue weighted by Gasteiger charge is -2.39. The van der Waals surface area contributed by atoms with Crippen LogP contribution in [0.3, 0.4) is 0 Å². The lowest BCUT2D eigenvalue weighted by atomic mass is 9.79. The van der Waals surface area contributed by atoms with Crippen LogP contribution in [-0.2, 0) is 6.54 Å². The van der Waals surface area contributed by atoms with Gasteiger partial charge in [0.05, 0.1) is 0 Å². The quantitative estimate of drug-likeness (QED) is 0.838. The fraction of sp³-hybridized carbons (Fsp3) is 0.667. The van der Waals surface area contributed by atoms with Crippen molar-refractivity contribution in [3.63, 3.8) is 0 Å². The Kier molecular flexibility index (Phi) is 4.02. The molecule has 0 heterocycles. The van der Waals surface area contributed by atoms with E-state index in [2.05, 4.69) is 30.9 Å². The van der Waals surface area contributed by atoms with Crippen LogP contribution in [0.4, 0.5) is 5.69 Å². The van der Waals surface area contributed by atoms with Gasteiger partial charge in [0.25, 0.3) is 0 Å². The molecule has 2 saturated carbocycles. The van der Waals surface area contributed by atoms with Crippen LogP contribution in [0.1, 0.15) is 51.5 Å². The summed E-state index contributed by atoms with van der Waals surface area (Å²) in [5, 5.41) is 0. The zero-order valence-electron chi connectivity index (χ0n) is 12.9. The topological polar surface area (TPSA) is 29.3 Å². The molecule has 2 fully saturated rings. The van der Waals surface area contributed by atoms with Gasteiger partial charge in [-0.3, -0.25) is 4.90 Å². The lowest BCUT2D eigenvalue weighted by Crippen LogP contribution is -2.41. The van der Waals surface area contributed by atoms with Crippen LogP contribution in [0.25, 0.3) is 0 Å². The largest absolute Gasteiger partial charge is 0.398 e. The Balaban J connectivity index is 1.74. The van der Waals surface area contributed by atoms with E-state index in [4.69, 9.17) is 5.73 Å². The van der Waals surface area contributed by atoms with E-state index >= 15 is 0 Å². The fourth-order valence-corrected chi connectivity index (χ4v) is 4.01. The van der Waals surface area contributed by atoms with Gasteiger partial charge in [0.15, 0.2) is 0 Å². The minimum atomic E-state index is 0.765. The summed E-state index contributed by atoms with van der Waals surface area (Å²) < 4.78 is 0. The summed E-state index contributed by atoms with van der Waals surface area (Å²) in [7, 11) is 0. The molecule has 2 aliphatic rings. The molecule has 2 unspecified atom stereocenters. The van der Waals surface area contributed by atoms with Crippen LogP contribution in [-0.4, -0.2) is 17.0 Å². The highest BCUT2D eigenvalue weighted by Crippen LogP contribution is 2.38. The summed E-state index contributed by atoms with van der Waals surface area (Å²) in [6.45, 7) is 5.89. The van der Waals surface area contributed by atoms with Gasteiger partial charge in [-0.15, -0.1) is 0 Å². The zero-order chi connectivity index (χ0) is 14.1. The molecule has 3 rings (SSSR count). The first-order chi connectivity index (χ1) is 9.63. The molecule has 110 valence electrons. The molecule has 2 N–H and O–H groups in total. The predicted molar refractivity (Wildman–Crippen MR) is 85.4 cm³/mol. The van der Waals surface area contributed by atoms with E-state index in [1.165, 1.54) is 37.7 Å². The summed E-state index contributed by atoms with van der Waals surface area (Å²) in [6.07, 6.45) is 6.90. The molecule has 0 bridgehead atoms. The van der Waals surface area contributed by atoms with Crippen molar-refractivity contribution in [3.8, 4) is 0 Å². The molecule has 20 heavy (non-hydrogen) atoms. The smallest absolute Gasteiger partial charge is 0.0359 e. The van der Waals surface area contributed by atoms with Crippen LogP contribution >= 0.6 is 0 Å². The molecule has 0 aromatic heterocycles. The molecular formula is C18H28N2. The van der Waals surface area contributed by atoms with Crippen LogP contribution in [0, 0.1) is 11.8 Å². The fourth-order valence-electron chi connectivity index (χ4n) is 4.01. The van der Waals surface area contributed by atoms with E-state index in [1.807, 2.05) is 12.1 Å². The van der Waals surface area contributed by atoms with E-state index in [1.54, 1.807) is 0 Å². The maximum Gasteiger partial charge on any atom is 0.0359 e. The third-order valence-electron chi connectivity index (χ3n) is 5.05. The number of anilines is 1. The first-order valence-corrected chi connectivity index (χ1v) is 8.22. The maximum absolute atomic E-state index is 6.15. The Hall–Kier alpha value is -1.02. The summed E-state index contributed by atoms with van der Waals surface area (Å²) >= 11 is 0. The van der Waals surface area contributed by atoms with E-state index in [-0.39, 0.29) is 0 Å². The highest BCUT2D eigenvalue weighted by molar-refractivity contribution is 5.46. The number of nitrogens with zero attached hydrogens (tertiary/aromatic N) is 1. The molecule has 0 aliphatic heterocycles. The van der Waals surface area contributed by atoms with E-state index in [0.717, 1.165) is 36.2 Å². The number of nitrogen functional groups attached to an aromatic ring is 1. The molecule has 0 spiro atoms. The molecule has 2 heteroatoms. The number of hydrogen-bond acceptors (Lipinski definition) is 2. The summed E-state index contributed by atoms with van der Waals surface area (Å²) in [6, 6.07) is 9.96. The average Bonchev–Trinajstić information content (AvgIpc) is 3.21. The lowest BCUT2D eigenvalue weighted by molar-refractivity contribution is 0.0960. The van der Waals surface area contributed by atoms with Gasteiger partial charge in [-0.2, -0.15) is 0 Å². The van der Waals surface area contributed by atoms with Crippen molar-refractivity contribution in [2.75, 3.05) is 5.73 Å². The molecule has 1 aromatic carbocycles. The Morgan fingerprint density at radius 2 is 1.65 bits per heavy atom.